The fourth-order valence-corrected chi connectivity index (χ4v) is 5.17. The van der Waals surface area contributed by atoms with Gasteiger partial charge in [-0.3, -0.25) is 13.9 Å². The lowest BCUT2D eigenvalue weighted by atomic mass is 10.1. The Kier molecular flexibility index (Phi) is 11.0. The van der Waals surface area contributed by atoms with Crippen molar-refractivity contribution in [2.24, 2.45) is 0 Å². The molecule has 7 nitrogen and oxygen atoms in total. The number of benzene rings is 2. The van der Waals surface area contributed by atoms with E-state index in [1.54, 1.807) is 17.9 Å². The summed E-state index contributed by atoms with van der Waals surface area (Å²) in [6, 6.07) is 12.5. The van der Waals surface area contributed by atoms with Crippen molar-refractivity contribution in [3.8, 4) is 0 Å². The number of anilines is 1. The van der Waals surface area contributed by atoms with Crippen LogP contribution in [0.2, 0.25) is 0 Å². The molecule has 0 aliphatic rings. The van der Waals surface area contributed by atoms with Crippen LogP contribution in [0.1, 0.15) is 56.7 Å². The van der Waals surface area contributed by atoms with Gasteiger partial charge in [-0.05, 0) is 81.5 Å². The third kappa shape index (κ3) is 8.62. The highest BCUT2D eigenvalue weighted by Gasteiger charge is 2.27. The molecule has 36 heavy (non-hydrogen) atoms. The summed E-state index contributed by atoms with van der Waals surface area (Å²) >= 11 is 3.46. The van der Waals surface area contributed by atoms with Gasteiger partial charge < -0.3 is 10.2 Å². The highest BCUT2D eigenvalue weighted by molar-refractivity contribution is 9.10. The number of sulfonamides is 1. The number of hydrogen-bond donors (Lipinski definition) is 1. The van der Waals surface area contributed by atoms with E-state index in [2.05, 4.69) is 21.2 Å². The molecule has 9 heteroatoms. The fraction of sp³-hybridized carbons (Fsp3) is 0.481. The Morgan fingerprint density at radius 1 is 1.06 bits per heavy atom. The van der Waals surface area contributed by atoms with Crippen LogP contribution >= 0.6 is 15.9 Å². The molecule has 0 bridgehead atoms. The van der Waals surface area contributed by atoms with Gasteiger partial charge in [-0.1, -0.05) is 41.1 Å². The van der Waals surface area contributed by atoms with Crippen LogP contribution in [-0.2, 0) is 26.2 Å². The lowest BCUT2D eigenvalue weighted by Crippen LogP contribution is -2.49. The Hall–Kier alpha value is -2.39. The SMILES string of the molecule is CC[C@@H](C)NC(=O)[C@@H](C)N(Cc1cccc(Br)c1)C(=O)CCCN(c1ccc(C)c(C)c1)S(C)(=O)=O. The second kappa shape index (κ2) is 13.2. The van der Waals surface area contributed by atoms with Crippen LogP contribution in [0.15, 0.2) is 46.9 Å². The number of carbonyl (C=O) groups excluding carboxylic acids is 2. The lowest BCUT2D eigenvalue weighted by molar-refractivity contribution is -0.140. The van der Waals surface area contributed by atoms with E-state index < -0.39 is 16.1 Å². The number of rotatable bonds is 12. The van der Waals surface area contributed by atoms with Crippen LogP contribution in [0.3, 0.4) is 0 Å². The Morgan fingerprint density at radius 2 is 1.75 bits per heavy atom. The van der Waals surface area contributed by atoms with Crippen LogP contribution in [-0.4, -0.2) is 50.0 Å². The van der Waals surface area contributed by atoms with Crippen LogP contribution in [0.4, 0.5) is 5.69 Å². The first-order valence-corrected chi connectivity index (χ1v) is 14.9. The van der Waals surface area contributed by atoms with Crippen molar-refractivity contribution >= 4 is 43.5 Å². The average molecular weight is 581 g/mol. The number of hydrogen-bond acceptors (Lipinski definition) is 4. The molecule has 2 rings (SSSR count). The number of aryl methyl sites for hydroxylation is 2. The van der Waals surface area contributed by atoms with Gasteiger partial charge >= 0.3 is 0 Å². The number of halogens is 1. The van der Waals surface area contributed by atoms with Crippen molar-refractivity contribution in [3.05, 3.63) is 63.6 Å². The smallest absolute Gasteiger partial charge is 0.242 e. The molecule has 0 aliphatic carbocycles. The first kappa shape index (κ1) is 29.8. The zero-order valence-corrected chi connectivity index (χ0v) is 24.4. The standard InChI is InChI=1S/C27H38BrN3O4S/c1-7-21(4)29-27(33)22(5)30(18-23-10-8-11-24(28)17-23)26(32)12-9-15-31(36(6,34)35)25-14-13-19(2)20(3)16-25/h8,10-11,13-14,16-17,21-22H,7,9,12,15,18H2,1-6H3,(H,29,33)/t21-,22-/m1/s1. The third-order valence-electron chi connectivity index (χ3n) is 6.34. The summed E-state index contributed by atoms with van der Waals surface area (Å²) < 4.78 is 27.3. The molecule has 0 spiro atoms. The number of nitrogens with one attached hydrogen (secondary N) is 1. The van der Waals surface area contributed by atoms with E-state index >= 15 is 0 Å². The largest absolute Gasteiger partial charge is 0.352 e. The predicted molar refractivity (Wildman–Crippen MR) is 149 cm³/mol. The van der Waals surface area contributed by atoms with E-state index in [9.17, 15) is 18.0 Å². The van der Waals surface area contributed by atoms with Gasteiger partial charge in [0.05, 0.1) is 11.9 Å². The Morgan fingerprint density at radius 3 is 2.33 bits per heavy atom. The number of carbonyl (C=O) groups is 2. The number of nitrogens with zero attached hydrogens (tertiary/aromatic N) is 2. The summed E-state index contributed by atoms with van der Waals surface area (Å²) in [5.74, 6) is -0.407. The van der Waals surface area contributed by atoms with Gasteiger partial charge in [-0.15, -0.1) is 0 Å². The molecule has 0 aromatic heterocycles. The van der Waals surface area contributed by atoms with E-state index in [0.29, 0.717) is 12.1 Å². The minimum absolute atomic E-state index is 0.00376. The average Bonchev–Trinajstić information content (AvgIpc) is 2.80. The van der Waals surface area contributed by atoms with Crippen LogP contribution in [0.5, 0.6) is 0 Å². The van der Waals surface area contributed by atoms with E-state index in [1.165, 1.54) is 10.6 Å². The Labute approximate surface area is 224 Å². The van der Waals surface area contributed by atoms with Crippen molar-refractivity contribution in [3.63, 3.8) is 0 Å². The summed E-state index contributed by atoms with van der Waals surface area (Å²) in [4.78, 5) is 27.8. The maximum Gasteiger partial charge on any atom is 0.242 e. The summed E-state index contributed by atoms with van der Waals surface area (Å²) in [6.45, 7) is 10.0. The Balaban J connectivity index is 2.19. The van der Waals surface area contributed by atoms with Gasteiger partial charge in [0.1, 0.15) is 6.04 Å². The van der Waals surface area contributed by atoms with Gasteiger partial charge in [0, 0.05) is 30.0 Å². The zero-order chi connectivity index (χ0) is 27.0. The van der Waals surface area contributed by atoms with Crippen molar-refractivity contribution < 1.29 is 18.0 Å². The molecule has 0 unspecified atom stereocenters. The van der Waals surface area contributed by atoms with Gasteiger partial charge in [-0.2, -0.15) is 0 Å². The van der Waals surface area contributed by atoms with Crippen molar-refractivity contribution in [2.45, 2.75) is 72.5 Å². The topological polar surface area (TPSA) is 86.8 Å². The van der Waals surface area contributed by atoms with Crippen LogP contribution in [0, 0.1) is 13.8 Å². The Bertz CT molecular complexity index is 1170. The van der Waals surface area contributed by atoms with Crippen molar-refractivity contribution in [1.82, 2.24) is 10.2 Å². The van der Waals surface area contributed by atoms with Gasteiger partial charge in [0.25, 0.3) is 0 Å². The molecule has 2 aromatic carbocycles. The van der Waals surface area contributed by atoms with Crippen LogP contribution in [0.25, 0.3) is 0 Å². The molecule has 0 heterocycles. The predicted octanol–water partition coefficient (Wildman–Crippen LogP) is 4.94. The van der Waals surface area contributed by atoms with Gasteiger partial charge in [0.15, 0.2) is 0 Å². The summed E-state index contributed by atoms with van der Waals surface area (Å²) in [6.07, 6.45) is 2.40. The molecular weight excluding hydrogens is 542 g/mol. The molecule has 2 aromatic rings. The zero-order valence-electron chi connectivity index (χ0n) is 22.0. The molecule has 0 aliphatic heterocycles. The summed E-state index contributed by atoms with van der Waals surface area (Å²) in [7, 11) is -3.53. The quantitative estimate of drug-likeness (QED) is 0.385. The van der Waals surface area contributed by atoms with Crippen molar-refractivity contribution in [1.29, 1.82) is 0 Å². The molecule has 0 saturated carbocycles. The third-order valence-corrected chi connectivity index (χ3v) is 8.03. The monoisotopic (exact) mass is 579 g/mol. The molecular formula is C27H38BrN3O4S. The number of amides is 2. The molecule has 0 radical (unpaired) electrons. The second-order valence-electron chi connectivity index (χ2n) is 9.35. The van der Waals surface area contributed by atoms with Crippen molar-refractivity contribution in [2.75, 3.05) is 17.1 Å². The van der Waals surface area contributed by atoms with Crippen LogP contribution < -0.4 is 9.62 Å². The molecule has 2 amide bonds. The molecule has 0 saturated heterocycles. The van der Waals surface area contributed by atoms with Gasteiger partial charge in [-0.25, -0.2) is 8.42 Å². The van der Waals surface area contributed by atoms with E-state index in [-0.39, 0.29) is 37.4 Å². The normalized spacial score (nSPS) is 13.1. The van der Waals surface area contributed by atoms with Gasteiger partial charge in [0.2, 0.25) is 21.8 Å². The molecule has 0 fully saturated rings. The maximum atomic E-state index is 13.4. The highest BCUT2D eigenvalue weighted by Crippen LogP contribution is 2.22. The molecule has 2 atom stereocenters. The lowest BCUT2D eigenvalue weighted by Gasteiger charge is -2.30. The highest BCUT2D eigenvalue weighted by atomic mass is 79.9. The summed E-state index contributed by atoms with van der Waals surface area (Å²) in [5, 5.41) is 2.96. The minimum Gasteiger partial charge on any atom is -0.352 e. The maximum absolute atomic E-state index is 13.4. The second-order valence-corrected chi connectivity index (χ2v) is 12.2. The summed E-state index contributed by atoms with van der Waals surface area (Å²) in [5.41, 5.74) is 3.56. The first-order valence-electron chi connectivity index (χ1n) is 12.2. The molecule has 198 valence electrons. The van der Waals surface area contributed by atoms with E-state index in [0.717, 1.165) is 27.6 Å². The molecule has 1 N–H and O–H groups in total. The van der Waals surface area contributed by atoms with E-state index in [1.807, 2.05) is 64.1 Å². The minimum atomic E-state index is -3.53. The first-order chi connectivity index (χ1) is 16.8. The van der Waals surface area contributed by atoms with E-state index in [4.69, 9.17) is 0 Å². The fourth-order valence-electron chi connectivity index (χ4n) is 3.76.